The average Bonchev–Trinajstić information content (AvgIpc) is 2.20. The number of hydrogen-bond acceptors (Lipinski definition) is 2. The lowest BCUT2D eigenvalue weighted by atomic mass is 9.96. The summed E-state index contributed by atoms with van der Waals surface area (Å²) in [6.45, 7) is 4.12. The zero-order chi connectivity index (χ0) is 11.4. The third kappa shape index (κ3) is 2.69. The van der Waals surface area contributed by atoms with Crippen molar-refractivity contribution in [2.75, 3.05) is 14.2 Å². The number of halogens is 1. The van der Waals surface area contributed by atoms with E-state index >= 15 is 0 Å². The summed E-state index contributed by atoms with van der Waals surface area (Å²) in [6.07, 6.45) is 0. The summed E-state index contributed by atoms with van der Waals surface area (Å²) < 4.78 is 18.7. The fourth-order valence-electron chi connectivity index (χ4n) is 1.74. The maximum atomic E-state index is 13.7. The number of ether oxygens (including phenoxy) is 1. The SMILES string of the molecule is CNC(c1ccc(OC)cc1F)C(C)C. The van der Waals surface area contributed by atoms with Crippen molar-refractivity contribution >= 4 is 0 Å². The molecule has 84 valence electrons. The van der Waals surface area contributed by atoms with Crippen LogP contribution in [-0.2, 0) is 0 Å². The second-order valence-corrected chi connectivity index (χ2v) is 3.90. The Morgan fingerprint density at radius 2 is 2.00 bits per heavy atom. The zero-order valence-corrected chi connectivity index (χ0v) is 9.67. The molecule has 1 N–H and O–H groups in total. The summed E-state index contributed by atoms with van der Waals surface area (Å²) in [6, 6.07) is 5.01. The van der Waals surface area contributed by atoms with Crippen LogP contribution in [0.1, 0.15) is 25.5 Å². The topological polar surface area (TPSA) is 21.3 Å². The molecule has 0 aliphatic heterocycles. The third-order valence-electron chi connectivity index (χ3n) is 2.52. The minimum atomic E-state index is -0.220. The van der Waals surface area contributed by atoms with Gasteiger partial charge in [-0.25, -0.2) is 4.39 Å². The second-order valence-electron chi connectivity index (χ2n) is 3.90. The lowest BCUT2D eigenvalue weighted by molar-refractivity contribution is 0.401. The van der Waals surface area contributed by atoms with Gasteiger partial charge in [-0.3, -0.25) is 0 Å². The Kier molecular flexibility index (Phi) is 4.09. The Balaban J connectivity index is 3.03. The Morgan fingerprint density at radius 1 is 1.33 bits per heavy atom. The Labute approximate surface area is 90.4 Å². The van der Waals surface area contributed by atoms with Crippen LogP contribution in [0.3, 0.4) is 0 Å². The molecule has 0 bridgehead atoms. The van der Waals surface area contributed by atoms with Crippen LogP contribution in [0.15, 0.2) is 18.2 Å². The van der Waals surface area contributed by atoms with E-state index in [4.69, 9.17) is 4.74 Å². The van der Waals surface area contributed by atoms with Crippen LogP contribution in [0.5, 0.6) is 5.75 Å². The minimum absolute atomic E-state index is 0.0379. The first-order chi connectivity index (χ1) is 7.10. The van der Waals surface area contributed by atoms with E-state index < -0.39 is 0 Å². The summed E-state index contributed by atoms with van der Waals surface area (Å²) in [5.74, 6) is 0.676. The monoisotopic (exact) mass is 211 g/mol. The predicted molar refractivity (Wildman–Crippen MR) is 59.6 cm³/mol. The highest BCUT2D eigenvalue weighted by molar-refractivity contribution is 5.31. The van der Waals surface area contributed by atoms with Gasteiger partial charge in [0.25, 0.3) is 0 Å². The van der Waals surface area contributed by atoms with Gasteiger partial charge < -0.3 is 10.1 Å². The van der Waals surface area contributed by atoms with E-state index in [-0.39, 0.29) is 11.9 Å². The van der Waals surface area contributed by atoms with Crippen LogP contribution in [0.4, 0.5) is 4.39 Å². The molecule has 0 fully saturated rings. The lowest BCUT2D eigenvalue weighted by Gasteiger charge is -2.21. The van der Waals surface area contributed by atoms with Gasteiger partial charge in [0.05, 0.1) is 7.11 Å². The molecule has 15 heavy (non-hydrogen) atoms. The van der Waals surface area contributed by atoms with Gasteiger partial charge in [-0.05, 0) is 19.0 Å². The van der Waals surface area contributed by atoms with Gasteiger partial charge >= 0.3 is 0 Å². The van der Waals surface area contributed by atoms with Crippen LogP contribution in [-0.4, -0.2) is 14.2 Å². The molecule has 0 heterocycles. The fourth-order valence-corrected chi connectivity index (χ4v) is 1.74. The molecule has 0 spiro atoms. The molecule has 3 heteroatoms. The maximum absolute atomic E-state index is 13.7. The number of rotatable bonds is 4. The van der Waals surface area contributed by atoms with Crippen LogP contribution in [0, 0.1) is 11.7 Å². The second kappa shape index (κ2) is 5.12. The molecule has 0 saturated carbocycles. The molecule has 0 aromatic heterocycles. The average molecular weight is 211 g/mol. The molecule has 0 radical (unpaired) electrons. The normalized spacial score (nSPS) is 12.9. The van der Waals surface area contributed by atoms with Crippen LogP contribution in [0.2, 0.25) is 0 Å². The van der Waals surface area contributed by atoms with Crippen molar-refractivity contribution in [2.45, 2.75) is 19.9 Å². The molecule has 0 aliphatic rings. The molecule has 0 aliphatic carbocycles. The summed E-state index contributed by atoms with van der Waals surface area (Å²) in [5, 5.41) is 3.12. The summed E-state index contributed by atoms with van der Waals surface area (Å²) in [5.41, 5.74) is 0.688. The van der Waals surface area contributed by atoms with Crippen molar-refractivity contribution < 1.29 is 9.13 Å². The summed E-state index contributed by atoms with van der Waals surface area (Å²) in [7, 11) is 3.38. The van der Waals surface area contributed by atoms with E-state index in [1.54, 1.807) is 12.1 Å². The van der Waals surface area contributed by atoms with Crippen molar-refractivity contribution in [1.82, 2.24) is 5.32 Å². The van der Waals surface area contributed by atoms with Crippen molar-refractivity contribution in [3.8, 4) is 5.75 Å². The molecule has 0 saturated heterocycles. The van der Waals surface area contributed by atoms with Crippen molar-refractivity contribution in [3.05, 3.63) is 29.6 Å². The van der Waals surface area contributed by atoms with E-state index in [1.807, 2.05) is 7.05 Å². The van der Waals surface area contributed by atoms with Crippen molar-refractivity contribution in [1.29, 1.82) is 0 Å². The van der Waals surface area contributed by atoms with E-state index in [2.05, 4.69) is 19.2 Å². The first-order valence-electron chi connectivity index (χ1n) is 5.10. The molecule has 1 atom stereocenters. The number of hydrogen-bond donors (Lipinski definition) is 1. The largest absolute Gasteiger partial charge is 0.497 e. The molecule has 1 rings (SSSR count). The number of methoxy groups -OCH3 is 1. The zero-order valence-electron chi connectivity index (χ0n) is 9.67. The van der Waals surface area contributed by atoms with Gasteiger partial charge in [0.1, 0.15) is 11.6 Å². The molecule has 2 nitrogen and oxygen atoms in total. The van der Waals surface area contributed by atoms with Crippen molar-refractivity contribution in [2.24, 2.45) is 5.92 Å². The molecule has 1 aromatic rings. The van der Waals surface area contributed by atoms with E-state index in [9.17, 15) is 4.39 Å². The molecule has 1 aromatic carbocycles. The lowest BCUT2D eigenvalue weighted by Crippen LogP contribution is -2.22. The van der Waals surface area contributed by atoms with E-state index in [1.165, 1.54) is 13.2 Å². The summed E-state index contributed by atoms with van der Waals surface area (Å²) in [4.78, 5) is 0. The highest BCUT2D eigenvalue weighted by Crippen LogP contribution is 2.26. The van der Waals surface area contributed by atoms with Gasteiger partial charge in [0.15, 0.2) is 0 Å². The third-order valence-corrected chi connectivity index (χ3v) is 2.52. The first kappa shape index (κ1) is 12.0. The van der Waals surface area contributed by atoms with E-state index in [0.717, 1.165) is 0 Å². The van der Waals surface area contributed by atoms with E-state index in [0.29, 0.717) is 17.2 Å². The van der Waals surface area contributed by atoms with Gasteiger partial charge in [-0.2, -0.15) is 0 Å². The predicted octanol–water partition coefficient (Wildman–Crippen LogP) is 2.75. The first-order valence-corrected chi connectivity index (χ1v) is 5.10. The Morgan fingerprint density at radius 3 is 2.40 bits per heavy atom. The molecule has 1 unspecified atom stereocenters. The van der Waals surface area contributed by atoms with Crippen molar-refractivity contribution in [3.63, 3.8) is 0 Å². The fraction of sp³-hybridized carbons (Fsp3) is 0.500. The van der Waals surface area contributed by atoms with Crippen LogP contribution >= 0.6 is 0 Å². The number of benzene rings is 1. The Bertz CT molecular complexity index is 325. The Hall–Kier alpha value is -1.09. The maximum Gasteiger partial charge on any atom is 0.131 e. The molecule has 0 amide bonds. The van der Waals surface area contributed by atoms with Crippen LogP contribution in [0.25, 0.3) is 0 Å². The smallest absolute Gasteiger partial charge is 0.131 e. The quantitative estimate of drug-likeness (QED) is 0.826. The van der Waals surface area contributed by atoms with Gasteiger partial charge in [0.2, 0.25) is 0 Å². The number of nitrogens with one attached hydrogen (secondary N) is 1. The highest BCUT2D eigenvalue weighted by atomic mass is 19.1. The highest BCUT2D eigenvalue weighted by Gasteiger charge is 2.17. The van der Waals surface area contributed by atoms with Gasteiger partial charge in [-0.15, -0.1) is 0 Å². The van der Waals surface area contributed by atoms with Gasteiger partial charge in [-0.1, -0.05) is 19.9 Å². The van der Waals surface area contributed by atoms with Crippen LogP contribution < -0.4 is 10.1 Å². The minimum Gasteiger partial charge on any atom is -0.497 e. The standard InChI is InChI=1S/C12H18FNO/c1-8(2)12(14-3)10-6-5-9(15-4)7-11(10)13/h5-8,12,14H,1-4H3. The molecular formula is C12H18FNO. The summed E-state index contributed by atoms with van der Waals surface area (Å²) >= 11 is 0. The molecular weight excluding hydrogens is 193 g/mol. The van der Waals surface area contributed by atoms with Gasteiger partial charge in [0, 0.05) is 17.7 Å².